The van der Waals surface area contributed by atoms with Crippen LogP contribution in [-0.2, 0) is 10.0 Å². The number of hydrogen-bond acceptors (Lipinski definition) is 4. The van der Waals surface area contributed by atoms with Gasteiger partial charge < -0.3 is 11.1 Å². The number of nitrogen functional groups attached to an aromatic ring is 1. The van der Waals surface area contributed by atoms with E-state index in [1.54, 1.807) is 12.1 Å². The highest BCUT2D eigenvalue weighted by molar-refractivity contribution is 7.89. The second-order valence-corrected chi connectivity index (χ2v) is 6.96. The molecule has 0 amide bonds. The van der Waals surface area contributed by atoms with Crippen LogP contribution in [0.15, 0.2) is 23.1 Å². The fraction of sp³-hybridized carbons (Fsp3) is 0.538. The van der Waals surface area contributed by atoms with E-state index in [-0.39, 0.29) is 10.6 Å². The Hall–Kier alpha value is -1.27. The zero-order valence-corrected chi connectivity index (χ0v) is 12.1. The van der Waals surface area contributed by atoms with E-state index in [0.717, 1.165) is 6.42 Å². The molecule has 1 saturated carbocycles. The molecule has 0 saturated heterocycles. The summed E-state index contributed by atoms with van der Waals surface area (Å²) in [4.78, 5) is -0.0174. The van der Waals surface area contributed by atoms with Crippen molar-refractivity contribution in [3.05, 3.63) is 18.2 Å². The lowest BCUT2D eigenvalue weighted by Gasteiger charge is -2.22. The molecule has 0 spiro atoms. The Morgan fingerprint density at radius 3 is 2.47 bits per heavy atom. The van der Waals surface area contributed by atoms with Gasteiger partial charge in [-0.05, 0) is 36.8 Å². The predicted octanol–water partition coefficient (Wildman–Crippen LogP) is 1.76. The Kier molecular flexibility index (Phi) is 3.73. The van der Waals surface area contributed by atoms with Gasteiger partial charge in [0.15, 0.2) is 0 Å². The molecule has 1 aliphatic carbocycles. The van der Waals surface area contributed by atoms with Gasteiger partial charge in [-0.1, -0.05) is 19.9 Å². The summed E-state index contributed by atoms with van der Waals surface area (Å²) < 4.78 is 22.9. The molecule has 0 aromatic heterocycles. The molecule has 1 aromatic carbocycles. The minimum atomic E-state index is -3.78. The van der Waals surface area contributed by atoms with Crippen molar-refractivity contribution in [3.63, 3.8) is 0 Å². The maximum Gasteiger partial charge on any atom is 0.240 e. The van der Waals surface area contributed by atoms with Gasteiger partial charge in [0, 0.05) is 6.04 Å². The first-order valence-corrected chi connectivity index (χ1v) is 8.03. The van der Waals surface area contributed by atoms with Crippen molar-refractivity contribution in [2.75, 3.05) is 11.1 Å². The average molecular weight is 283 g/mol. The Morgan fingerprint density at radius 1 is 1.26 bits per heavy atom. The van der Waals surface area contributed by atoms with Crippen LogP contribution in [-0.4, -0.2) is 14.5 Å². The molecule has 2 rings (SSSR count). The van der Waals surface area contributed by atoms with Crippen molar-refractivity contribution < 1.29 is 8.42 Å². The first kappa shape index (κ1) is 14.1. The summed E-state index contributed by atoms with van der Waals surface area (Å²) in [6.07, 6.45) is 2.25. The number of nitrogens with two attached hydrogens (primary N) is 2. The standard InChI is InChI=1S/C13H21N3O2S/c1-8-6-7-10(9(8)2)16-11-4-3-5-12(13(11)14)19(15,17)18/h3-5,8-10,16H,6-7,14H2,1-2H3,(H2,15,17,18). The molecule has 5 N–H and O–H groups in total. The Morgan fingerprint density at radius 2 is 1.95 bits per heavy atom. The van der Waals surface area contributed by atoms with Crippen LogP contribution in [0.3, 0.4) is 0 Å². The quantitative estimate of drug-likeness (QED) is 0.736. The zero-order valence-electron chi connectivity index (χ0n) is 11.3. The van der Waals surface area contributed by atoms with E-state index in [9.17, 15) is 8.42 Å². The second kappa shape index (κ2) is 5.02. The smallest absolute Gasteiger partial charge is 0.240 e. The van der Waals surface area contributed by atoms with Crippen molar-refractivity contribution in [3.8, 4) is 0 Å². The molecule has 106 valence electrons. The lowest BCUT2D eigenvalue weighted by Crippen LogP contribution is -2.25. The summed E-state index contributed by atoms with van der Waals surface area (Å²) in [5.41, 5.74) is 6.76. The van der Waals surface area contributed by atoms with Crippen molar-refractivity contribution in [2.24, 2.45) is 17.0 Å². The molecule has 19 heavy (non-hydrogen) atoms. The van der Waals surface area contributed by atoms with Crippen LogP contribution in [0.5, 0.6) is 0 Å². The molecule has 5 nitrogen and oxygen atoms in total. The van der Waals surface area contributed by atoms with Crippen molar-refractivity contribution in [1.82, 2.24) is 0 Å². The number of sulfonamides is 1. The van der Waals surface area contributed by atoms with Crippen LogP contribution >= 0.6 is 0 Å². The maximum absolute atomic E-state index is 11.4. The van der Waals surface area contributed by atoms with Crippen LogP contribution in [0.25, 0.3) is 0 Å². The van der Waals surface area contributed by atoms with Gasteiger partial charge in [-0.3, -0.25) is 0 Å². The Balaban J connectivity index is 2.27. The van der Waals surface area contributed by atoms with E-state index in [1.165, 1.54) is 12.5 Å². The lowest BCUT2D eigenvalue weighted by atomic mass is 9.97. The Labute approximate surface area is 114 Å². The first-order chi connectivity index (χ1) is 8.80. The number of benzene rings is 1. The van der Waals surface area contributed by atoms with E-state index in [2.05, 4.69) is 19.2 Å². The van der Waals surface area contributed by atoms with E-state index in [4.69, 9.17) is 10.9 Å². The van der Waals surface area contributed by atoms with Gasteiger partial charge in [0.05, 0.1) is 11.4 Å². The van der Waals surface area contributed by atoms with E-state index in [1.807, 2.05) is 0 Å². The molecule has 1 aromatic rings. The largest absolute Gasteiger partial charge is 0.396 e. The van der Waals surface area contributed by atoms with E-state index in [0.29, 0.717) is 23.6 Å². The molecule has 0 heterocycles. The molecular formula is C13H21N3O2S. The van der Waals surface area contributed by atoms with Crippen molar-refractivity contribution in [1.29, 1.82) is 0 Å². The molecule has 3 atom stereocenters. The molecule has 1 fully saturated rings. The molecule has 0 bridgehead atoms. The third-order valence-corrected chi connectivity index (χ3v) is 5.15. The van der Waals surface area contributed by atoms with Gasteiger partial charge in [-0.2, -0.15) is 0 Å². The van der Waals surface area contributed by atoms with Crippen LogP contribution in [0.4, 0.5) is 11.4 Å². The topological polar surface area (TPSA) is 98.2 Å². The summed E-state index contributed by atoms with van der Waals surface area (Å²) in [7, 11) is -3.78. The number of para-hydroxylation sites is 1. The van der Waals surface area contributed by atoms with Crippen LogP contribution < -0.4 is 16.2 Å². The van der Waals surface area contributed by atoms with Crippen LogP contribution in [0.2, 0.25) is 0 Å². The average Bonchev–Trinajstić information content (AvgIpc) is 2.62. The van der Waals surface area contributed by atoms with E-state index >= 15 is 0 Å². The summed E-state index contributed by atoms with van der Waals surface area (Å²) in [6.45, 7) is 4.44. The number of primary sulfonamides is 1. The zero-order chi connectivity index (χ0) is 14.2. The fourth-order valence-corrected chi connectivity index (χ4v) is 3.37. The molecule has 3 unspecified atom stereocenters. The highest BCUT2D eigenvalue weighted by atomic mass is 32.2. The number of anilines is 2. The van der Waals surface area contributed by atoms with Gasteiger partial charge in [0.25, 0.3) is 0 Å². The van der Waals surface area contributed by atoms with Crippen molar-refractivity contribution >= 4 is 21.4 Å². The number of rotatable bonds is 3. The van der Waals surface area contributed by atoms with Crippen molar-refractivity contribution in [2.45, 2.75) is 37.6 Å². The lowest BCUT2D eigenvalue weighted by molar-refractivity contribution is 0.435. The third kappa shape index (κ3) is 2.84. The fourth-order valence-electron chi connectivity index (χ4n) is 2.69. The summed E-state index contributed by atoms with van der Waals surface area (Å²) in [5, 5.41) is 8.51. The van der Waals surface area contributed by atoms with Gasteiger partial charge >= 0.3 is 0 Å². The minimum absolute atomic E-state index is 0.0174. The first-order valence-electron chi connectivity index (χ1n) is 6.48. The van der Waals surface area contributed by atoms with Gasteiger partial charge in [0.2, 0.25) is 10.0 Å². The SMILES string of the molecule is CC1CCC(Nc2cccc(S(N)(=O)=O)c2N)C1C. The second-order valence-electron chi connectivity index (χ2n) is 5.43. The number of nitrogens with one attached hydrogen (secondary N) is 1. The van der Waals surface area contributed by atoms with Gasteiger partial charge in [-0.15, -0.1) is 0 Å². The highest BCUT2D eigenvalue weighted by Crippen LogP contribution is 2.35. The summed E-state index contributed by atoms with van der Waals surface area (Å²) >= 11 is 0. The highest BCUT2D eigenvalue weighted by Gasteiger charge is 2.30. The normalized spacial score (nSPS) is 27.4. The monoisotopic (exact) mass is 283 g/mol. The van der Waals surface area contributed by atoms with Crippen LogP contribution in [0, 0.1) is 11.8 Å². The molecule has 1 aliphatic rings. The molecule has 6 heteroatoms. The molecular weight excluding hydrogens is 262 g/mol. The summed E-state index contributed by atoms with van der Waals surface area (Å²) in [5.74, 6) is 1.21. The number of hydrogen-bond donors (Lipinski definition) is 3. The third-order valence-electron chi connectivity index (χ3n) is 4.18. The van der Waals surface area contributed by atoms with E-state index < -0.39 is 10.0 Å². The molecule has 0 aliphatic heterocycles. The van der Waals surface area contributed by atoms with Gasteiger partial charge in [0.1, 0.15) is 4.90 Å². The maximum atomic E-state index is 11.4. The Bertz CT molecular complexity index is 571. The van der Waals surface area contributed by atoms with Gasteiger partial charge in [-0.25, -0.2) is 13.6 Å². The molecule has 0 radical (unpaired) electrons. The predicted molar refractivity (Wildman–Crippen MR) is 77.2 cm³/mol. The van der Waals surface area contributed by atoms with Crippen LogP contribution in [0.1, 0.15) is 26.7 Å². The minimum Gasteiger partial charge on any atom is -0.396 e. The summed E-state index contributed by atoms with van der Waals surface area (Å²) in [6, 6.07) is 5.20.